The topological polar surface area (TPSA) is 76.5 Å². The van der Waals surface area contributed by atoms with Gasteiger partial charge in [0, 0.05) is 12.4 Å². The maximum Gasteiger partial charge on any atom is 0.264 e. The first-order valence-electron chi connectivity index (χ1n) is 4.28. The Morgan fingerprint density at radius 2 is 2.00 bits per heavy atom. The third-order valence-corrected chi connectivity index (χ3v) is 2.40. The third-order valence-electron chi connectivity index (χ3n) is 1.86. The van der Waals surface area contributed by atoms with Crippen molar-refractivity contribution in [2.45, 2.75) is 12.5 Å². The summed E-state index contributed by atoms with van der Waals surface area (Å²) in [4.78, 5) is 3.80. The predicted octanol–water partition coefficient (Wildman–Crippen LogP) is 0.265. The molecule has 1 aromatic rings. The zero-order valence-corrected chi connectivity index (χ0v) is 9.36. The summed E-state index contributed by atoms with van der Waals surface area (Å²) < 4.78 is 26.1. The van der Waals surface area contributed by atoms with Gasteiger partial charge in [-0.05, 0) is 24.6 Å². The van der Waals surface area contributed by atoms with E-state index in [1.807, 2.05) is 0 Å². The minimum Gasteiger partial charge on any atom is -0.383 e. The number of rotatable bonds is 4. The fourth-order valence-corrected chi connectivity index (χ4v) is 1.46. The van der Waals surface area contributed by atoms with Gasteiger partial charge in [-0.3, -0.25) is 9.17 Å². The van der Waals surface area contributed by atoms with Crippen LogP contribution in [0.25, 0.3) is 0 Å². The quantitative estimate of drug-likeness (QED) is 0.752. The van der Waals surface area contributed by atoms with Gasteiger partial charge in [0.25, 0.3) is 10.1 Å². The van der Waals surface area contributed by atoms with Crippen LogP contribution in [0.3, 0.4) is 0 Å². The van der Waals surface area contributed by atoms with Crippen molar-refractivity contribution in [1.29, 1.82) is 0 Å². The first-order valence-corrected chi connectivity index (χ1v) is 6.10. The monoisotopic (exact) mass is 231 g/mol. The van der Waals surface area contributed by atoms with Crippen LogP contribution in [0, 0.1) is 0 Å². The van der Waals surface area contributed by atoms with Gasteiger partial charge < -0.3 is 5.11 Å². The molecule has 0 amide bonds. The molecule has 0 fully saturated rings. The van der Waals surface area contributed by atoms with Gasteiger partial charge in [-0.2, -0.15) is 8.42 Å². The highest BCUT2D eigenvalue weighted by molar-refractivity contribution is 7.85. The Bertz CT molecular complexity index is 413. The van der Waals surface area contributed by atoms with E-state index in [9.17, 15) is 13.5 Å². The molecule has 0 saturated heterocycles. The Labute approximate surface area is 88.9 Å². The van der Waals surface area contributed by atoms with Gasteiger partial charge in [0.05, 0.1) is 12.9 Å². The summed E-state index contributed by atoms with van der Waals surface area (Å²) in [6.07, 6.45) is 3.98. The van der Waals surface area contributed by atoms with Gasteiger partial charge in [0.2, 0.25) is 0 Å². The predicted molar refractivity (Wildman–Crippen MR) is 54.6 cm³/mol. The lowest BCUT2D eigenvalue weighted by atomic mass is 9.99. The molecule has 1 N–H and O–H groups in total. The maximum absolute atomic E-state index is 10.8. The SMILES string of the molecule is C[C@@](O)(COS(C)(=O)=O)c1ccncc1. The largest absolute Gasteiger partial charge is 0.383 e. The molecule has 5 nitrogen and oxygen atoms in total. The van der Waals surface area contributed by atoms with Crippen molar-refractivity contribution >= 4 is 10.1 Å². The van der Waals surface area contributed by atoms with Crippen molar-refractivity contribution < 1.29 is 17.7 Å². The summed E-state index contributed by atoms with van der Waals surface area (Å²) >= 11 is 0. The minimum atomic E-state index is -3.54. The van der Waals surface area contributed by atoms with Gasteiger partial charge in [0.15, 0.2) is 0 Å². The molecule has 84 valence electrons. The first-order chi connectivity index (χ1) is 6.81. The van der Waals surface area contributed by atoms with E-state index in [0.717, 1.165) is 6.26 Å². The second-order valence-corrected chi connectivity index (χ2v) is 5.12. The van der Waals surface area contributed by atoms with Crippen LogP contribution >= 0.6 is 0 Å². The van der Waals surface area contributed by atoms with E-state index in [2.05, 4.69) is 9.17 Å². The number of nitrogens with zero attached hydrogens (tertiary/aromatic N) is 1. The normalized spacial score (nSPS) is 15.9. The summed E-state index contributed by atoms with van der Waals surface area (Å²) in [5.74, 6) is 0. The van der Waals surface area contributed by atoms with Crippen molar-refractivity contribution in [3.8, 4) is 0 Å². The van der Waals surface area contributed by atoms with Crippen LogP contribution in [-0.4, -0.2) is 31.4 Å². The molecular weight excluding hydrogens is 218 g/mol. The van der Waals surface area contributed by atoms with Crippen molar-refractivity contribution in [2.24, 2.45) is 0 Å². The summed E-state index contributed by atoms with van der Waals surface area (Å²) in [7, 11) is -3.54. The van der Waals surface area contributed by atoms with Crippen molar-refractivity contribution in [3.05, 3.63) is 30.1 Å². The molecule has 0 aromatic carbocycles. The standard InChI is InChI=1S/C9H13NO4S/c1-9(11,7-14-15(2,12)13)8-3-5-10-6-4-8/h3-6,11H,7H2,1-2H3/t9-/m1/s1. The minimum absolute atomic E-state index is 0.310. The lowest BCUT2D eigenvalue weighted by molar-refractivity contribution is 0.0100. The molecule has 0 spiro atoms. The lowest BCUT2D eigenvalue weighted by Crippen LogP contribution is -2.29. The van der Waals surface area contributed by atoms with Crippen LogP contribution in [0.5, 0.6) is 0 Å². The highest BCUT2D eigenvalue weighted by Crippen LogP contribution is 2.20. The number of hydrogen-bond donors (Lipinski definition) is 1. The molecule has 0 radical (unpaired) electrons. The van der Waals surface area contributed by atoms with Gasteiger partial charge in [-0.15, -0.1) is 0 Å². The van der Waals surface area contributed by atoms with E-state index < -0.39 is 15.7 Å². The number of pyridine rings is 1. The van der Waals surface area contributed by atoms with Crippen molar-refractivity contribution in [2.75, 3.05) is 12.9 Å². The Balaban J connectivity index is 2.76. The molecule has 15 heavy (non-hydrogen) atoms. The number of aliphatic hydroxyl groups is 1. The Morgan fingerprint density at radius 3 is 2.47 bits per heavy atom. The summed E-state index contributed by atoms with van der Waals surface area (Å²) in [5, 5.41) is 9.93. The van der Waals surface area contributed by atoms with Crippen LogP contribution in [0.15, 0.2) is 24.5 Å². The molecule has 0 unspecified atom stereocenters. The lowest BCUT2D eigenvalue weighted by Gasteiger charge is -2.22. The van der Waals surface area contributed by atoms with Gasteiger partial charge in [-0.25, -0.2) is 0 Å². The van der Waals surface area contributed by atoms with Gasteiger partial charge in [0.1, 0.15) is 5.60 Å². The van der Waals surface area contributed by atoms with Crippen molar-refractivity contribution in [1.82, 2.24) is 4.98 Å². The van der Waals surface area contributed by atoms with E-state index in [4.69, 9.17) is 0 Å². The molecule has 0 aliphatic carbocycles. The van der Waals surface area contributed by atoms with Gasteiger partial charge in [-0.1, -0.05) is 0 Å². The molecule has 6 heteroatoms. The zero-order chi connectivity index (χ0) is 11.5. The van der Waals surface area contributed by atoms with E-state index in [1.165, 1.54) is 19.3 Å². The average molecular weight is 231 g/mol. The first kappa shape index (κ1) is 12.1. The zero-order valence-electron chi connectivity index (χ0n) is 8.54. The van der Waals surface area contributed by atoms with Crippen LogP contribution in [0.4, 0.5) is 0 Å². The van der Waals surface area contributed by atoms with E-state index in [0.29, 0.717) is 5.56 Å². The second-order valence-electron chi connectivity index (χ2n) is 3.48. The van der Waals surface area contributed by atoms with Gasteiger partial charge >= 0.3 is 0 Å². The highest BCUT2D eigenvalue weighted by atomic mass is 32.2. The summed E-state index contributed by atoms with van der Waals surface area (Å²) in [5.41, 5.74) is -0.785. The number of hydrogen-bond acceptors (Lipinski definition) is 5. The fraction of sp³-hybridized carbons (Fsp3) is 0.444. The molecule has 0 bridgehead atoms. The molecular formula is C9H13NO4S. The van der Waals surface area contributed by atoms with E-state index in [-0.39, 0.29) is 6.61 Å². The van der Waals surface area contributed by atoms with Crippen LogP contribution in [-0.2, 0) is 19.9 Å². The molecule has 0 saturated carbocycles. The summed E-state index contributed by atoms with van der Waals surface area (Å²) in [6.45, 7) is 1.17. The molecule has 1 aromatic heterocycles. The Morgan fingerprint density at radius 1 is 1.47 bits per heavy atom. The molecule has 1 heterocycles. The average Bonchev–Trinajstić information content (AvgIpc) is 2.16. The Kier molecular flexibility index (Phi) is 3.43. The second kappa shape index (κ2) is 4.26. The number of aromatic nitrogens is 1. The van der Waals surface area contributed by atoms with Crippen LogP contribution in [0.1, 0.15) is 12.5 Å². The molecule has 1 rings (SSSR count). The maximum atomic E-state index is 10.8. The molecule has 0 aliphatic heterocycles. The highest BCUT2D eigenvalue weighted by Gasteiger charge is 2.25. The molecule has 1 atom stereocenters. The fourth-order valence-electron chi connectivity index (χ4n) is 1.02. The van der Waals surface area contributed by atoms with E-state index in [1.54, 1.807) is 12.1 Å². The molecule has 0 aliphatic rings. The van der Waals surface area contributed by atoms with E-state index >= 15 is 0 Å². The van der Waals surface area contributed by atoms with Crippen LogP contribution in [0.2, 0.25) is 0 Å². The Hall–Kier alpha value is -0.980. The van der Waals surface area contributed by atoms with Crippen molar-refractivity contribution in [3.63, 3.8) is 0 Å². The smallest absolute Gasteiger partial charge is 0.264 e. The third kappa shape index (κ3) is 3.94. The summed E-state index contributed by atoms with van der Waals surface area (Å²) in [6, 6.07) is 3.21. The van der Waals surface area contributed by atoms with Crippen LogP contribution < -0.4 is 0 Å².